The zero-order valence-corrected chi connectivity index (χ0v) is 12.2. The number of aromatic nitrogens is 2. The number of hydrogen-bond donors (Lipinski definition) is 2. The van der Waals surface area contributed by atoms with Gasteiger partial charge in [-0.1, -0.05) is 41.4 Å². The summed E-state index contributed by atoms with van der Waals surface area (Å²) < 4.78 is 0.999. The predicted octanol–water partition coefficient (Wildman–Crippen LogP) is 2.78. The Bertz CT molecular complexity index is 620. The molecule has 0 aliphatic heterocycles. The third-order valence-electron chi connectivity index (χ3n) is 2.83. The topological polar surface area (TPSA) is 66.0 Å². The molecule has 0 atom stereocenters. The Morgan fingerprint density at radius 2 is 2.00 bits per heavy atom. The van der Waals surface area contributed by atoms with E-state index in [1.165, 1.54) is 0 Å². The summed E-state index contributed by atoms with van der Waals surface area (Å²) in [7, 11) is 0. The van der Waals surface area contributed by atoms with E-state index in [9.17, 15) is 9.90 Å². The van der Waals surface area contributed by atoms with Gasteiger partial charge in [0.1, 0.15) is 5.82 Å². The number of nitrogens with zero attached hydrogens (tertiary/aromatic N) is 1. The number of benzene rings is 1. The van der Waals surface area contributed by atoms with Crippen molar-refractivity contribution in [3.63, 3.8) is 0 Å². The van der Waals surface area contributed by atoms with Gasteiger partial charge in [-0.2, -0.15) is 4.98 Å². The van der Waals surface area contributed by atoms with Crippen molar-refractivity contribution in [1.29, 1.82) is 0 Å². The molecule has 2 aromatic rings. The quantitative estimate of drug-likeness (QED) is 0.909. The lowest BCUT2D eigenvalue weighted by Crippen LogP contribution is -2.17. The fourth-order valence-electron chi connectivity index (χ4n) is 1.89. The average Bonchev–Trinajstić information content (AvgIpc) is 2.37. The van der Waals surface area contributed by atoms with Crippen molar-refractivity contribution in [2.45, 2.75) is 26.2 Å². The van der Waals surface area contributed by atoms with Crippen LogP contribution in [0.5, 0.6) is 5.88 Å². The van der Waals surface area contributed by atoms with Crippen LogP contribution in [0.15, 0.2) is 33.5 Å². The van der Waals surface area contributed by atoms with Crippen LogP contribution in [0.2, 0.25) is 0 Å². The van der Waals surface area contributed by atoms with E-state index in [1.807, 2.05) is 31.2 Å². The Labute approximate surface area is 119 Å². The number of halogens is 1. The van der Waals surface area contributed by atoms with E-state index >= 15 is 0 Å². The van der Waals surface area contributed by atoms with Gasteiger partial charge in [-0.15, -0.1) is 0 Å². The van der Waals surface area contributed by atoms with Gasteiger partial charge < -0.3 is 10.1 Å². The van der Waals surface area contributed by atoms with Crippen LogP contribution >= 0.6 is 15.9 Å². The number of aromatic hydroxyl groups is 1. The second-order valence-corrected chi connectivity index (χ2v) is 5.28. The highest BCUT2D eigenvalue weighted by Crippen LogP contribution is 2.15. The van der Waals surface area contributed by atoms with Gasteiger partial charge in [0.25, 0.3) is 5.56 Å². The fourth-order valence-corrected chi connectivity index (χ4v) is 2.15. The second kappa shape index (κ2) is 6.02. The van der Waals surface area contributed by atoms with E-state index in [2.05, 4.69) is 25.9 Å². The van der Waals surface area contributed by atoms with Gasteiger partial charge in [0, 0.05) is 10.9 Å². The molecule has 0 unspecified atom stereocenters. The maximum atomic E-state index is 11.8. The van der Waals surface area contributed by atoms with Crippen molar-refractivity contribution < 1.29 is 5.11 Å². The van der Waals surface area contributed by atoms with Crippen LogP contribution in [0.3, 0.4) is 0 Å². The van der Waals surface area contributed by atoms with Gasteiger partial charge in [0.15, 0.2) is 0 Å². The first-order chi connectivity index (χ1) is 9.10. The first-order valence-electron chi connectivity index (χ1n) is 6.15. The van der Waals surface area contributed by atoms with Gasteiger partial charge in [-0.05, 0) is 24.1 Å². The van der Waals surface area contributed by atoms with Crippen LogP contribution in [0.1, 0.15) is 30.3 Å². The van der Waals surface area contributed by atoms with E-state index in [0.717, 1.165) is 16.5 Å². The van der Waals surface area contributed by atoms with E-state index < -0.39 is 0 Å². The van der Waals surface area contributed by atoms with Crippen molar-refractivity contribution in [2.75, 3.05) is 0 Å². The molecule has 0 radical (unpaired) electrons. The van der Waals surface area contributed by atoms with Crippen LogP contribution < -0.4 is 5.56 Å². The highest BCUT2D eigenvalue weighted by atomic mass is 79.9. The Hall–Kier alpha value is -1.62. The minimum atomic E-state index is -0.249. The van der Waals surface area contributed by atoms with Crippen LogP contribution in [0.4, 0.5) is 0 Å². The average molecular weight is 323 g/mol. The SMILES string of the molecule is CCCc1c(O)nc(Cc2ccc(Br)cc2)[nH]c1=O. The molecule has 0 fully saturated rings. The van der Waals surface area contributed by atoms with Crippen molar-refractivity contribution >= 4 is 15.9 Å². The largest absolute Gasteiger partial charge is 0.493 e. The Morgan fingerprint density at radius 3 is 2.58 bits per heavy atom. The zero-order valence-electron chi connectivity index (χ0n) is 10.6. The number of aromatic amines is 1. The van der Waals surface area contributed by atoms with Crippen LogP contribution in [-0.4, -0.2) is 15.1 Å². The normalized spacial score (nSPS) is 10.6. The van der Waals surface area contributed by atoms with Crippen LogP contribution in [0, 0.1) is 0 Å². The molecule has 0 bridgehead atoms. The maximum Gasteiger partial charge on any atom is 0.257 e. The molecule has 0 saturated heterocycles. The summed E-state index contributed by atoms with van der Waals surface area (Å²) in [5, 5.41) is 9.79. The highest BCUT2D eigenvalue weighted by molar-refractivity contribution is 9.10. The molecular weight excluding hydrogens is 308 g/mol. The molecule has 100 valence electrons. The fraction of sp³-hybridized carbons (Fsp3) is 0.286. The van der Waals surface area contributed by atoms with E-state index in [-0.39, 0.29) is 11.4 Å². The standard InChI is InChI=1S/C14H15BrN2O2/c1-2-3-11-13(18)16-12(17-14(11)19)8-9-4-6-10(15)7-5-9/h4-7H,2-3,8H2,1H3,(H2,16,17,18,19). The third kappa shape index (κ3) is 3.44. The Morgan fingerprint density at radius 1 is 1.32 bits per heavy atom. The zero-order chi connectivity index (χ0) is 13.8. The maximum absolute atomic E-state index is 11.8. The first-order valence-corrected chi connectivity index (χ1v) is 6.95. The monoisotopic (exact) mass is 322 g/mol. The van der Waals surface area contributed by atoms with E-state index in [1.54, 1.807) is 0 Å². The lowest BCUT2D eigenvalue weighted by molar-refractivity contribution is 0.439. The molecule has 0 aliphatic carbocycles. The summed E-state index contributed by atoms with van der Waals surface area (Å²) in [5.41, 5.74) is 1.14. The molecule has 1 aromatic carbocycles. The summed E-state index contributed by atoms with van der Waals surface area (Å²) in [5.74, 6) is 0.322. The molecule has 2 rings (SSSR count). The molecule has 4 nitrogen and oxygen atoms in total. The first kappa shape index (κ1) is 13.8. The van der Waals surface area contributed by atoms with E-state index in [4.69, 9.17) is 0 Å². The summed E-state index contributed by atoms with van der Waals surface area (Å²) in [4.78, 5) is 18.6. The van der Waals surface area contributed by atoms with Crippen LogP contribution in [0.25, 0.3) is 0 Å². The van der Waals surface area contributed by atoms with E-state index in [0.29, 0.717) is 24.2 Å². The Kier molecular flexibility index (Phi) is 4.37. The number of nitrogens with one attached hydrogen (secondary N) is 1. The molecule has 2 N–H and O–H groups in total. The van der Waals surface area contributed by atoms with Gasteiger partial charge in [-0.25, -0.2) is 0 Å². The van der Waals surface area contributed by atoms with Gasteiger partial charge in [0.2, 0.25) is 5.88 Å². The molecule has 0 spiro atoms. The number of hydrogen-bond acceptors (Lipinski definition) is 3. The van der Waals surface area contributed by atoms with Crippen molar-refractivity contribution in [2.24, 2.45) is 0 Å². The van der Waals surface area contributed by atoms with Gasteiger partial charge in [-0.3, -0.25) is 4.79 Å². The summed E-state index contributed by atoms with van der Waals surface area (Å²) >= 11 is 3.37. The molecule has 19 heavy (non-hydrogen) atoms. The molecule has 5 heteroatoms. The predicted molar refractivity (Wildman–Crippen MR) is 77.5 cm³/mol. The summed E-state index contributed by atoms with van der Waals surface area (Å²) in [6.07, 6.45) is 1.82. The van der Waals surface area contributed by atoms with Crippen molar-refractivity contribution in [3.8, 4) is 5.88 Å². The molecule has 0 saturated carbocycles. The van der Waals surface area contributed by atoms with Crippen molar-refractivity contribution in [1.82, 2.24) is 9.97 Å². The summed E-state index contributed by atoms with van der Waals surface area (Å²) in [6.45, 7) is 1.95. The number of rotatable bonds is 4. The minimum absolute atomic E-state index is 0.155. The van der Waals surface area contributed by atoms with Gasteiger partial charge in [0.05, 0.1) is 5.56 Å². The number of H-pyrrole nitrogens is 1. The summed E-state index contributed by atoms with van der Waals surface area (Å²) in [6, 6.07) is 7.75. The highest BCUT2D eigenvalue weighted by Gasteiger charge is 2.10. The van der Waals surface area contributed by atoms with Gasteiger partial charge >= 0.3 is 0 Å². The smallest absolute Gasteiger partial charge is 0.257 e. The minimum Gasteiger partial charge on any atom is -0.493 e. The van der Waals surface area contributed by atoms with Crippen LogP contribution in [-0.2, 0) is 12.8 Å². The molecule has 0 aliphatic rings. The second-order valence-electron chi connectivity index (χ2n) is 4.37. The molecule has 1 heterocycles. The lowest BCUT2D eigenvalue weighted by Gasteiger charge is -2.05. The Balaban J connectivity index is 2.27. The molecular formula is C14H15BrN2O2. The molecule has 1 aromatic heterocycles. The molecule has 0 amide bonds. The lowest BCUT2D eigenvalue weighted by atomic mass is 10.1. The third-order valence-corrected chi connectivity index (χ3v) is 3.36. The van der Waals surface area contributed by atoms with Crippen molar-refractivity contribution in [3.05, 3.63) is 56.0 Å².